The summed E-state index contributed by atoms with van der Waals surface area (Å²) in [6.07, 6.45) is 0.979. The van der Waals surface area contributed by atoms with Crippen molar-refractivity contribution in [3.8, 4) is 0 Å². The fourth-order valence-electron chi connectivity index (χ4n) is 1.62. The van der Waals surface area contributed by atoms with Crippen LogP contribution < -0.4 is 5.73 Å². The quantitative estimate of drug-likeness (QED) is 0.809. The summed E-state index contributed by atoms with van der Waals surface area (Å²) in [6, 6.07) is 8.39. The van der Waals surface area contributed by atoms with Gasteiger partial charge >= 0.3 is 0 Å². The van der Waals surface area contributed by atoms with Crippen LogP contribution >= 0.6 is 28.1 Å². The van der Waals surface area contributed by atoms with Gasteiger partial charge < -0.3 is 10.6 Å². The highest BCUT2D eigenvalue weighted by atomic mass is 79.9. The van der Waals surface area contributed by atoms with E-state index < -0.39 is 0 Å². The summed E-state index contributed by atoms with van der Waals surface area (Å²) >= 11 is 8.57. The van der Waals surface area contributed by atoms with Crippen molar-refractivity contribution in [2.75, 3.05) is 13.6 Å². The summed E-state index contributed by atoms with van der Waals surface area (Å²) in [4.78, 5) is 2.89. The molecule has 0 unspecified atom stereocenters. The van der Waals surface area contributed by atoms with E-state index in [1.807, 2.05) is 6.07 Å². The Bertz CT molecular complexity index is 418. The van der Waals surface area contributed by atoms with Crippen LogP contribution in [-0.2, 0) is 6.54 Å². The first-order chi connectivity index (χ1) is 8.31. The zero-order valence-corrected chi connectivity index (χ0v) is 13.6. The number of nitrogens with two attached hydrogens (primary N) is 1. The maximum atomic E-state index is 5.74. The van der Waals surface area contributed by atoms with Gasteiger partial charge in [-0.15, -0.1) is 0 Å². The molecular weight excluding hydrogens is 308 g/mol. The Morgan fingerprint density at radius 2 is 2.11 bits per heavy atom. The van der Waals surface area contributed by atoms with Crippen LogP contribution in [0.2, 0.25) is 0 Å². The minimum Gasteiger partial charge on any atom is -0.393 e. The van der Waals surface area contributed by atoms with E-state index in [-0.39, 0.29) is 5.41 Å². The van der Waals surface area contributed by atoms with E-state index in [2.05, 4.69) is 59.9 Å². The molecule has 0 radical (unpaired) electrons. The smallest absolute Gasteiger partial charge is 0.0784 e. The lowest BCUT2D eigenvalue weighted by molar-refractivity contribution is 0.286. The predicted molar refractivity (Wildman–Crippen MR) is 85.7 cm³/mol. The first kappa shape index (κ1) is 15.6. The second-order valence-electron chi connectivity index (χ2n) is 5.37. The van der Waals surface area contributed by atoms with Crippen LogP contribution in [0.5, 0.6) is 0 Å². The number of hydrogen-bond donors (Lipinski definition) is 1. The molecule has 0 atom stereocenters. The van der Waals surface area contributed by atoms with E-state index in [1.165, 1.54) is 5.56 Å². The van der Waals surface area contributed by atoms with Crippen molar-refractivity contribution in [1.82, 2.24) is 4.90 Å². The van der Waals surface area contributed by atoms with Crippen LogP contribution in [0, 0.1) is 5.41 Å². The summed E-state index contributed by atoms with van der Waals surface area (Å²) in [6.45, 7) is 6.12. The van der Waals surface area contributed by atoms with Gasteiger partial charge in [0.25, 0.3) is 0 Å². The molecule has 0 amide bonds. The van der Waals surface area contributed by atoms with E-state index in [0.29, 0.717) is 4.99 Å². The second kappa shape index (κ2) is 6.64. The Hall–Kier alpha value is -0.450. The molecule has 1 rings (SSSR count). The number of nitrogens with zero attached hydrogens (tertiary/aromatic N) is 1. The average Bonchev–Trinajstić information content (AvgIpc) is 2.26. The van der Waals surface area contributed by atoms with Crippen molar-refractivity contribution in [2.45, 2.75) is 26.8 Å². The van der Waals surface area contributed by atoms with Crippen molar-refractivity contribution in [3.63, 3.8) is 0 Å². The molecule has 0 heterocycles. The first-order valence-corrected chi connectivity index (χ1v) is 7.24. The van der Waals surface area contributed by atoms with Gasteiger partial charge in [0.05, 0.1) is 4.99 Å². The fourth-order valence-corrected chi connectivity index (χ4v) is 2.17. The van der Waals surface area contributed by atoms with Crippen LogP contribution in [-0.4, -0.2) is 23.5 Å². The fraction of sp³-hybridized carbons (Fsp3) is 0.500. The van der Waals surface area contributed by atoms with E-state index in [9.17, 15) is 0 Å². The van der Waals surface area contributed by atoms with Gasteiger partial charge in [-0.25, -0.2) is 0 Å². The van der Waals surface area contributed by atoms with Crippen molar-refractivity contribution in [3.05, 3.63) is 34.3 Å². The van der Waals surface area contributed by atoms with Gasteiger partial charge in [0, 0.05) is 16.4 Å². The standard InChI is InChI=1S/C14H21BrN2S/c1-14(2,13(16)18)7-8-17(3)10-11-5-4-6-12(15)9-11/h4-6,9H,7-8,10H2,1-3H3,(H2,16,18). The Balaban J connectivity index is 2.47. The summed E-state index contributed by atoms with van der Waals surface area (Å²) in [5.41, 5.74) is 6.97. The van der Waals surface area contributed by atoms with E-state index in [4.69, 9.17) is 18.0 Å². The molecule has 1 aromatic rings. The van der Waals surface area contributed by atoms with Crippen LogP contribution in [0.3, 0.4) is 0 Å². The third kappa shape index (κ3) is 5.04. The van der Waals surface area contributed by atoms with Gasteiger partial charge in [0.15, 0.2) is 0 Å². The third-order valence-electron chi connectivity index (χ3n) is 3.13. The van der Waals surface area contributed by atoms with Crippen LogP contribution in [0.15, 0.2) is 28.7 Å². The second-order valence-corrected chi connectivity index (χ2v) is 6.72. The molecule has 0 saturated heterocycles. The lowest BCUT2D eigenvalue weighted by Crippen LogP contribution is -2.33. The molecule has 0 fully saturated rings. The molecule has 0 aliphatic heterocycles. The number of thiocarbonyl (C=S) groups is 1. The van der Waals surface area contributed by atoms with Gasteiger partial charge in [0.2, 0.25) is 0 Å². The van der Waals surface area contributed by atoms with Crippen LogP contribution in [0.4, 0.5) is 0 Å². The topological polar surface area (TPSA) is 29.3 Å². The summed E-state index contributed by atoms with van der Waals surface area (Å²) < 4.78 is 1.12. The van der Waals surface area contributed by atoms with Crippen molar-refractivity contribution < 1.29 is 0 Å². The number of benzene rings is 1. The number of halogens is 1. The van der Waals surface area contributed by atoms with Gasteiger partial charge in [-0.1, -0.05) is 54.1 Å². The zero-order chi connectivity index (χ0) is 13.8. The molecule has 2 nitrogen and oxygen atoms in total. The Labute approximate surface area is 124 Å². The molecule has 1 aromatic carbocycles. The van der Waals surface area contributed by atoms with Gasteiger partial charge in [-0.05, 0) is 37.7 Å². The zero-order valence-electron chi connectivity index (χ0n) is 11.2. The molecule has 0 aromatic heterocycles. The molecule has 2 N–H and O–H groups in total. The molecule has 4 heteroatoms. The largest absolute Gasteiger partial charge is 0.393 e. The van der Waals surface area contributed by atoms with Gasteiger partial charge in [-0.2, -0.15) is 0 Å². The third-order valence-corrected chi connectivity index (χ3v) is 4.17. The van der Waals surface area contributed by atoms with Gasteiger partial charge in [-0.3, -0.25) is 0 Å². The Morgan fingerprint density at radius 3 is 2.67 bits per heavy atom. The van der Waals surface area contributed by atoms with E-state index >= 15 is 0 Å². The highest BCUT2D eigenvalue weighted by Gasteiger charge is 2.21. The van der Waals surface area contributed by atoms with Crippen LogP contribution in [0.1, 0.15) is 25.8 Å². The van der Waals surface area contributed by atoms with Crippen molar-refractivity contribution in [2.24, 2.45) is 11.1 Å². The molecule has 0 saturated carbocycles. The lowest BCUT2D eigenvalue weighted by Gasteiger charge is -2.26. The predicted octanol–water partition coefficient (Wildman–Crippen LogP) is 3.58. The summed E-state index contributed by atoms with van der Waals surface area (Å²) in [7, 11) is 2.12. The average molecular weight is 329 g/mol. The highest BCUT2D eigenvalue weighted by Crippen LogP contribution is 2.21. The minimum atomic E-state index is -0.0686. The molecule has 0 aliphatic rings. The minimum absolute atomic E-state index is 0.0686. The highest BCUT2D eigenvalue weighted by molar-refractivity contribution is 9.10. The SMILES string of the molecule is CN(CCC(C)(C)C(N)=S)Cc1cccc(Br)c1. The van der Waals surface area contributed by atoms with Crippen molar-refractivity contribution >= 4 is 33.1 Å². The monoisotopic (exact) mass is 328 g/mol. The molecule has 0 aliphatic carbocycles. The summed E-state index contributed by atoms with van der Waals surface area (Å²) in [5.74, 6) is 0. The van der Waals surface area contributed by atoms with E-state index in [0.717, 1.165) is 24.0 Å². The lowest BCUT2D eigenvalue weighted by atomic mass is 9.89. The molecule has 0 bridgehead atoms. The summed E-state index contributed by atoms with van der Waals surface area (Å²) in [5, 5.41) is 0. The number of hydrogen-bond acceptors (Lipinski definition) is 2. The first-order valence-electron chi connectivity index (χ1n) is 6.04. The number of rotatable bonds is 6. The molecule has 0 spiro atoms. The van der Waals surface area contributed by atoms with Crippen molar-refractivity contribution in [1.29, 1.82) is 0 Å². The van der Waals surface area contributed by atoms with Crippen LogP contribution in [0.25, 0.3) is 0 Å². The molecular formula is C14H21BrN2S. The Morgan fingerprint density at radius 1 is 1.44 bits per heavy atom. The Kier molecular flexibility index (Phi) is 5.76. The van der Waals surface area contributed by atoms with E-state index in [1.54, 1.807) is 0 Å². The van der Waals surface area contributed by atoms with Gasteiger partial charge in [0.1, 0.15) is 0 Å². The normalized spacial score (nSPS) is 11.8. The maximum absolute atomic E-state index is 5.74. The molecule has 18 heavy (non-hydrogen) atoms. The maximum Gasteiger partial charge on any atom is 0.0784 e. The molecule has 100 valence electrons.